The highest BCUT2D eigenvalue weighted by Gasteiger charge is 2.16. The maximum Gasteiger partial charge on any atom is 0.122 e. The molecule has 0 radical (unpaired) electrons. The van der Waals surface area contributed by atoms with Crippen LogP contribution in [0.1, 0.15) is 12.0 Å². The minimum absolute atomic E-state index is 0.162. The molecular formula is C20H22N2O2. The van der Waals surface area contributed by atoms with Gasteiger partial charge in [-0.2, -0.15) is 0 Å². The highest BCUT2D eigenvalue weighted by atomic mass is 16.5. The van der Waals surface area contributed by atoms with Gasteiger partial charge in [-0.1, -0.05) is 42.5 Å². The Morgan fingerprint density at radius 1 is 1.08 bits per heavy atom. The second-order valence-corrected chi connectivity index (χ2v) is 5.76. The Morgan fingerprint density at radius 3 is 2.58 bits per heavy atom. The SMILES string of the molecule is COc1cc(-c2c(-c3ccccc3)ncn2CCCO)ccc1C. The van der Waals surface area contributed by atoms with Crippen LogP contribution in [0.4, 0.5) is 0 Å². The molecular weight excluding hydrogens is 300 g/mol. The number of benzene rings is 2. The number of nitrogens with zero attached hydrogens (tertiary/aromatic N) is 2. The standard InChI is InChI=1S/C20H22N2O2/c1-15-9-10-17(13-18(15)24-2)20-19(16-7-4-3-5-8-16)21-14-22(20)11-6-12-23/h3-5,7-10,13-14,23H,6,11-12H2,1-2H3. The third-order valence-corrected chi connectivity index (χ3v) is 4.12. The molecule has 1 heterocycles. The zero-order chi connectivity index (χ0) is 16.9. The lowest BCUT2D eigenvalue weighted by Crippen LogP contribution is -2.02. The summed E-state index contributed by atoms with van der Waals surface area (Å²) in [5.41, 5.74) is 5.23. The van der Waals surface area contributed by atoms with Gasteiger partial charge in [0.2, 0.25) is 0 Å². The molecule has 1 aromatic heterocycles. The van der Waals surface area contributed by atoms with Crippen LogP contribution in [0.2, 0.25) is 0 Å². The summed E-state index contributed by atoms with van der Waals surface area (Å²) in [6.07, 6.45) is 2.54. The van der Waals surface area contributed by atoms with Gasteiger partial charge < -0.3 is 14.4 Å². The van der Waals surface area contributed by atoms with E-state index in [0.29, 0.717) is 6.42 Å². The number of aryl methyl sites for hydroxylation is 2. The molecule has 0 saturated heterocycles. The van der Waals surface area contributed by atoms with Crippen molar-refractivity contribution in [1.82, 2.24) is 9.55 Å². The zero-order valence-electron chi connectivity index (χ0n) is 14.1. The Hall–Kier alpha value is -2.59. The van der Waals surface area contributed by atoms with Gasteiger partial charge >= 0.3 is 0 Å². The summed E-state index contributed by atoms with van der Waals surface area (Å²) in [5, 5.41) is 9.18. The fourth-order valence-electron chi connectivity index (χ4n) is 2.87. The molecule has 0 atom stereocenters. The fraction of sp³-hybridized carbons (Fsp3) is 0.250. The summed E-state index contributed by atoms with van der Waals surface area (Å²) in [7, 11) is 1.69. The number of imidazole rings is 1. The summed E-state index contributed by atoms with van der Waals surface area (Å²) < 4.78 is 7.58. The van der Waals surface area contributed by atoms with Gasteiger partial charge in [-0.25, -0.2) is 4.98 Å². The van der Waals surface area contributed by atoms with Gasteiger partial charge in [0.15, 0.2) is 0 Å². The van der Waals surface area contributed by atoms with Gasteiger partial charge in [-0.3, -0.25) is 0 Å². The van der Waals surface area contributed by atoms with Crippen molar-refractivity contribution in [2.24, 2.45) is 0 Å². The van der Waals surface area contributed by atoms with Gasteiger partial charge in [0.25, 0.3) is 0 Å². The molecule has 0 aliphatic carbocycles. The van der Waals surface area contributed by atoms with E-state index < -0.39 is 0 Å². The molecule has 0 bridgehead atoms. The molecule has 0 saturated carbocycles. The smallest absolute Gasteiger partial charge is 0.122 e. The lowest BCUT2D eigenvalue weighted by molar-refractivity contribution is 0.280. The van der Waals surface area contributed by atoms with Crippen molar-refractivity contribution < 1.29 is 9.84 Å². The highest BCUT2D eigenvalue weighted by molar-refractivity contribution is 5.79. The molecule has 0 aliphatic heterocycles. The third-order valence-electron chi connectivity index (χ3n) is 4.12. The Kier molecular flexibility index (Phi) is 4.96. The van der Waals surface area contributed by atoms with Crippen LogP contribution in [0, 0.1) is 6.92 Å². The van der Waals surface area contributed by atoms with Crippen molar-refractivity contribution in [3.05, 3.63) is 60.4 Å². The van der Waals surface area contributed by atoms with Crippen molar-refractivity contribution in [1.29, 1.82) is 0 Å². The van der Waals surface area contributed by atoms with E-state index in [1.807, 2.05) is 37.5 Å². The number of hydrogen-bond donors (Lipinski definition) is 1. The third kappa shape index (κ3) is 3.19. The number of aromatic nitrogens is 2. The molecule has 3 aromatic rings. The maximum absolute atomic E-state index is 9.18. The number of aliphatic hydroxyl groups is 1. The molecule has 1 N–H and O–H groups in total. The van der Waals surface area contributed by atoms with Crippen molar-refractivity contribution in [3.63, 3.8) is 0 Å². The molecule has 0 aliphatic rings. The normalized spacial score (nSPS) is 10.8. The van der Waals surface area contributed by atoms with E-state index in [1.165, 1.54) is 0 Å². The monoisotopic (exact) mass is 322 g/mol. The first-order valence-electron chi connectivity index (χ1n) is 8.11. The van der Waals surface area contributed by atoms with Crippen molar-refractivity contribution >= 4 is 0 Å². The van der Waals surface area contributed by atoms with Gasteiger partial charge in [0.05, 0.1) is 24.8 Å². The molecule has 24 heavy (non-hydrogen) atoms. The second-order valence-electron chi connectivity index (χ2n) is 5.76. The van der Waals surface area contributed by atoms with Crippen molar-refractivity contribution in [2.75, 3.05) is 13.7 Å². The number of hydrogen-bond acceptors (Lipinski definition) is 3. The van der Waals surface area contributed by atoms with E-state index in [-0.39, 0.29) is 6.61 Å². The van der Waals surface area contributed by atoms with E-state index in [1.54, 1.807) is 7.11 Å². The molecule has 3 rings (SSSR count). The maximum atomic E-state index is 9.18. The van der Waals surface area contributed by atoms with Crippen LogP contribution in [0.3, 0.4) is 0 Å². The van der Waals surface area contributed by atoms with Gasteiger partial charge in [-0.15, -0.1) is 0 Å². The first kappa shape index (κ1) is 16.3. The van der Waals surface area contributed by atoms with Crippen LogP contribution in [0.15, 0.2) is 54.9 Å². The fourth-order valence-corrected chi connectivity index (χ4v) is 2.87. The molecule has 4 nitrogen and oxygen atoms in total. The summed E-state index contributed by atoms with van der Waals surface area (Å²) in [6.45, 7) is 2.92. The van der Waals surface area contributed by atoms with Crippen molar-refractivity contribution in [3.8, 4) is 28.3 Å². The number of ether oxygens (including phenoxy) is 1. The largest absolute Gasteiger partial charge is 0.496 e. The number of methoxy groups -OCH3 is 1. The predicted octanol–water partition coefficient (Wildman–Crippen LogP) is 3.92. The van der Waals surface area contributed by atoms with Gasteiger partial charge in [0.1, 0.15) is 5.75 Å². The van der Waals surface area contributed by atoms with Crippen LogP contribution in [0.5, 0.6) is 5.75 Å². The van der Waals surface area contributed by atoms with E-state index in [0.717, 1.165) is 40.4 Å². The molecule has 0 unspecified atom stereocenters. The Bertz CT molecular complexity index is 810. The van der Waals surface area contributed by atoms with Crippen LogP contribution in [-0.2, 0) is 6.54 Å². The first-order chi connectivity index (χ1) is 11.7. The van der Waals surface area contributed by atoms with Crippen LogP contribution >= 0.6 is 0 Å². The predicted molar refractivity (Wildman–Crippen MR) is 96.1 cm³/mol. The summed E-state index contributed by atoms with van der Waals surface area (Å²) in [5.74, 6) is 0.862. The zero-order valence-corrected chi connectivity index (χ0v) is 14.1. The van der Waals surface area contributed by atoms with Crippen LogP contribution in [-0.4, -0.2) is 28.4 Å². The average Bonchev–Trinajstić information content (AvgIpc) is 3.05. The summed E-state index contributed by atoms with van der Waals surface area (Å²) >= 11 is 0. The number of aliphatic hydroxyl groups excluding tert-OH is 1. The van der Waals surface area contributed by atoms with E-state index in [9.17, 15) is 5.11 Å². The lowest BCUT2D eigenvalue weighted by atomic mass is 10.0. The van der Waals surface area contributed by atoms with Crippen LogP contribution in [0.25, 0.3) is 22.5 Å². The minimum Gasteiger partial charge on any atom is -0.496 e. The number of rotatable bonds is 6. The quantitative estimate of drug-likeness (QED) is 0.748. The molecule has 4 heteroatoms. The lowest BCUT2D eigenvalue weighted by Gasteiger charge is -2.12. The van der Waals surface area contributed by atoms with E-state index >= 15 is 0 Å². The molecule has 2 aromatic carbocycles. The van der Waals surface area contributed by atoms with Crippen LogP contribution < -0.4 is 4.74 Å². The first-order valence-corrected chi connectivity index (χ1v) is 8.11. The van der Waals surface area contributed by atoms with Gasteiger partial charge in [0, 0.05) is 24.3 Å². The van der Waals surface area contributed by atoms with Crippen molar-refractivity contribution in [2.45, 2.75) is 19.9 Å². The Balaban J connectivity index is 2.14. The summed E-state index contributed by atoms with van der Waals surface area (Å²) in [4.78, 5) is 4.63. The Labute approximate surface area is 142 Å². The van der Waals surface area contributed by atoms with E-state index in [4.69, 9.17) is 4.74 Å². The second kappa shape index (κ2) is 7.32. The topological polar surface area (TPSA) is 47.3 Å². The molecule has 0 spiro atoms. The molecule has 0 amide bonds. The Morgan fingerprint density at radius 2 is 1.88 bits per heavy atom. The minimum atomic E-state index is 0.162. The molecule has 124 valence electrons. The molecule has 0 fully saturated rings. The van der Waals surface area contributed by atoms with Gasteiger partial charge in [-0.05, 0) is 25.0 Å². The highest BCUT2D eigenvalue weighted by Crippen LogP contribution is 2.34. The van der Waals surface area contributed by atoms with E-state index in [2.05, 4.69) is 33.8 Å². The summed E-state index contributed by atoms with van der Waals surface area (Å²) in [6, 6.07) is 16.4. The average molecular weight is 322 g/mol.